The molecular weight excluding hydrogens is 1160 g/mol. The number of nitrogens with zero attached hydrogens (tertiary/aromatic N) is 4. The van der Waals surface area contributed by atoms with Gasteiger partial charge in [-0.1, -0.05) is 91.0 Å². The molecule has 0 aromatic heterocycles. The highest BCUT2D eigenvalue weighted by Crippen LogP contribution is 2.54. The van der Waals surface area contributed by atoms with Crippen LogP contribution in [0.5, 0.6) is 0 Å². The predicted octanol–water partition coefficient (Wildman–Crippen LogP) is 10.4. The third kappa shape index (κ3) is 18.9. The van der Waals surface area contributed by atoms with Crippen LogP contribution in [0, 0.1) is 16.2 Å². The van der Waals surface area contributed by atoms with E-state index in [1.807, 2.05) is 93.8 Å². The van der Waals surface area contributed by atoms with Crippen LogP contribution in [-0.4, -0.2) is 190 Å². The summed E-state index contributed by atoms with van der Waals surface area (Å²) < 4.78 is 51.1. The normalized spacial score (nSPS) is 29.7. The Balaban J connectivity index is 0.000000160. The molecule has 0 radical (unpaired) electrons. The monoisotopic (exact) mass is 1250 g/mol. The van der Waals surface area contributed by atoms with Crippen LogP contribution in [0.1, 0.15) is 153 Å². The first-order chi connectivity index (χ1) is 41.2. The van der Waals surface area contributed by atoms with Gasteiger partial charge in [-0.2, -0.15) is 0 Å². The number of rotatable bonds is 20. The standard InChI is InChI=1S/C24H33FN2O4.C19H25FN2O2.C19H25NO3.C5H8FNO2.ClH/c1-23(2,3)31-22(30)27(19-12-18(19)16-7-5-4-6-8-16)15-24(9-10-24)14-26-13-17(25)11-20(26)21(28)29;20-14-8-17(18(23)24)22(10-14)12-19(6-7-19)11-21-16-9-15(16)13-4-2-1-3-5-13;1-18(2,3)23-17(22)20(12-19(13-21)9-10-19)16-11-15(16)14-7-5-4-6-8-14;6-3-1-4(5(8)9)7-2-3;/h4-8,17-20H,9-15H2,1-3H3,(H,28,29);1-5,14-17,21H,6-12H2,(H,23,24);4-8,13,15-16H,9-12H2,1-3H3;3-4,7H,1-2H2,(H,8,9);1H/t17-,18+,19-,20+;14-,15+,16-,17+;15-,16+;3-,4+;/m1101./s1. The molecule has 6 saturated carbocycles. The zero-order valence-corrected chi connectivity index (χ0v) is 52.6. The van der Waals surface area contributed by atoms with Crippen molar-refractivity contribution < 1.29 is 66.7 Å². The van der Waals surface area contributed by atoms with E-state index in [0.717, 1.165) is 64.2 Å². The highest BCUT2D eigenvalue weighted by molar-refractivity contribution is 5.85. The van der Waals surface area contributed by atoms with Crippen molar-refractivity contribution in [1.29, 1.82) is 0 Å². The fraction of sp³-hybridized carbons (Fsp3) is 0.642. The molecule has 3 heterocycles. The number of aliphatic carboxylic acids is 3. The van der Waals surface area contributed by atoms with Gasteiger partial charge in [0.25, 0.3) is 0 Å². The van der Waals surface area contributed by atoms with Gasteiger partial charge in [0, 0.05) is 118 Å². The molecule has 12 atom stereocenters. The third-order valence-electron chi connectivity index (χ3n) is 18.6. The summed E-state index contributed by atoms with van der Waals surface area (Å²) >= 11 is 0. The summed E-state index contributed by atoms with van der Waals surface area (Å²) in [5.74, 6) is -1.56. The number of halogens is 4. The zero-order valence-electron chi connectivity index (χ0n) is 51.7. The minimum absolute atomic E-state index is 0. The summed E-state index contributed by atoms with van der Waals surface area (Å²) in [6.45, 7) is 14.9. The van der Waals surface area contributed by atoms with Crippen LogP contribution in [0.25, 0.3) is 0 Å². The highest BCUT2D eigenvalue weighted by atomic mass is 35.5. The summed E-state index contributed by atoms with van der Waals surface area (Å²) in [5, 5.41) is 33.3. The lowest BCUT2D eigenvalue weighted by Gasteiger charge is -2.33. The summed E-state index contributed by atoms with van der Waals surface area (Å²) in [4.78, 5) is 77.4. The Morgan fingerprint density at radius 1 is 0.580 bits per heavy atom. The molecule has 0 bridgehead atoms. The SMILES string of the molecule is CC(C)(C)OC(=O)N(CC1(C=O)CC1)[C@@H]1C[C@H]1c1ccccc1.CC(C)(C)OC(=O)N(CC1(CN2C[C@H](F)C[C@H]2C(=O)O)CC1)[C@@H]1C[C@H]1c1ccccc1.Cl.O=C(O)[C@@H]1C[C@@H](F)CN1.O=C(O)[C@@H]1C[C@@H](F)CN1CC1(CN[C@@H]2C[C@H]2c2ccccc2)CC1. The van der Waals surface area contributed by atoms with E-state index < -0.39 is 65.8 Å². The Morgan fingerprint density at radius 2 is 1.00 bits per heavy atom. The summed E-state index contributed by atoms with van der Waals surface area (Å²) in [6.07, 6.45) is 6.41. The van der Waals surface area contributed by atoms with E-state index in [4.69, 9.17) is 14.6 Å². The van der Waals surface area contributed by atoms with E-state index in [0.29, 0.717) is 50.0 Å². The number of carbonyl (C=O) groups excluding carboxylic acids is 3. The quantitative estimate of drug-likeness (QED) is 0.0665. The van der Waals surface area contributed by atoms with Gasteiger partial charge in [-0.25, -0.2) is 22.8 Å². The van der Waals surface area contributed by atoms with Gasteiger partial charge >= 0.3 is 30.1 Å². The summed E-state index contributed by atoms with van der Waals surface area (Å²) in [5.41, 5.74) is 2.39. The van der Waals surface area contributed by atoms with Crippen molar-refractivity contribution in [2.45, 2.75) is 202 Å². The molecule has 3 saturated heterocycles. The first-order valence-electron chi connectivity index (χ1n) is 31.3. The molecule has 0 spiro atoms. The highest BCUT2D eigenvalue weighted by Gasteiger charge is 2.56. The largest absolute Gasteiger partial charge is 0.480 e. The van der Waals surface area contributed by atoms with Crippen LogP contribution in [0.2, 0.25) is 0 Å². The number of amides is 2. The predicted molar refractivity (Wildman–Crippen MR) is 329 cm³/mol. The molecule has 88 heavy (non-hydrogen) atoms. The Morgan fingerprint density at radius 3 is 1.35 bits per heavy atom. The maximum absolute atomic E-state index is 13.9. The number of aldehydes is 1. The van der Waals surface area contributed by atoms with Crippen molar-refractivity contribution in [2.75, 3.05) is 52.4 Å². The van der Waals surface area contributed by atoms with Gasteiger partial charge in [0.05, 0.1) is 0 Å². The minimum atomic E-state index is -1.11. The first kappa shape index (κ1) is 68.1. The van der Waals surface area contributed by atoms with E-state index in [2.05, 4.69) is 59.2 Å². The molecule has 5 N–H and O–H groups in total. The van der Waals surface area contributed by atoms with Crippen molar-refractivity contribution in [1.82, 2.24) is 30.2 Å². The van der Waals surface area contributed by atoms with E-state index in [-0.39, 0.29) is 91.8 Å². The van der Waals surface area contributed by atoms with E-state index in [9.17, 15) is 52.2 Å². The molecule has 12 rings (SSSR count). The number of nitrogens with one attached hydrogen (secondary N) is 2. The molecule has 6 aliphatic carbocycles. The minimum Gasteiger partial charge on any atom is -0.480 e. The van der Waals surface area contributed by atoms with Crippen LogP contribution in [0.3, 0.4) is 0 Å². The second-order valence-electron chi connectivity index (χ2n) is 28.4. The Labute approximate surface area is 522 Å². The van der Waals surface area contributed by atoms with Gasteiger partial charge in [-0.15, -0.1) is 12.4 Å². The lowest BCUT2D eigenvalue weighted by molar-refractivity contribution is -0.143. The zero-order chi connectivity index (χ0) is 62.6. The molecule has 0 unspecified atom stereocenters. The van der Waals surface area contributed by atoms with Crippen LogP contribution >= 0.6 is 12.4 Å². The topological polar surface area (TPSA) is 219 Å². The molecule has 17 nitrogen and oxygen atoms in total. The number of carboxylic acids is 3. The number of benzene rings is 3. The maximum atomic E-state index is 13.9. The number of carbonyl (C=O) groups is 6. The Kier molecular flexibility index (Phi) is 21.8. The van der Waals surface area contributed by atoms with Crippen molar-refractivity contribution in [3.8, 4) is 0 Å². The second kappa shape index (κ2) is 28.2. The number of carboxylic acid groups (broad SMARTS) is 3. The van der Waals surface area contributed by atoms with Gasteiger partial charge in [0.15, 0.2) is 0 Å². The lowest BCUT2D eigenvalue weighted by Crippen LogP contribution is -2.46. The van der Waals surface area contributed by atoms with Gasteiger partial charge in [0.1, 0.15) is 54.1 Å². The fourth-order valence-corrected chi connectivity index (χ4v) is 12.9. The molecule has 3 aliphatic heterocycles. The lowest BCUT2D eigenvalue weighted by atomic mass is 10.0. The number of hydrogen-bond acceptors (Lipinski definition) is 12. The average molecular weight is 1250 g/mol. The van der Waals surface area contributed by atoms with Crippen LogP contribution in [0.15, 0.2) is 91.0 Å². The molecule has 9 fully saturated rings. The van der Waals surface area contributed by atoms with Gasteiger partial charge in [-0.3, -0.25) is 24.2 Å². The maximum Gasteiger partial charge on any atom is 0.410 e. The molecular formula is C67H92ClF3N6O11. The molecule has 3 aromatic rings. The number of alkyl halides is 3. The van der Waals surface area contributed by atoms with Crippen LogP contribution < -0.4 is 10.6 Å². The van der Waals surface area contributed by atoms with Crippen molar-refractivity contribution in [3.63, 3.8) is 0 Å². The van der Waals surface area contributed by atoms with Gasteiger partial charge in [0.2, 0.25) is 0 Å². The van der Waals surface area contributed by atoms with E-state index in [1.165, 1.54) is 23.1 Å². The summed E-state index contributed by atoms with van der Waals surface area (Å²) in [7, 11) is 0. The number of hydrogen-bond donors (Lipinski definition) is 5. The Hall–Kier alpha value is -5.80. The van der Waals surface area contributed by atoms with E-state index >= 15 is 0 Å². The van der Waals surface area contributed by atoms with Gasteiger partial charge < -0.3 is 50.0 Å². The van der Waals surface area contributed by atoms with Crippen LogP contribution in [-0.2, 0) is 28.7 Å². The molecule has 484 valence electrons. The summed E-state index contributed by atoms with van der Waals surface area (Å²) in [6, 6.07) is 29.7. The van der Waals surface area contributed by atoms with E-state index in [1.54, 1.807) is 9.80 Å². The van der Waals surface area contributed by atoms with Crippen molar-refractivity contribution >= 4 is 48.8 Å². The molecule has 9 aliphatic rings. The van der Waals surface area contributed by atoms with Crippen LogP contribution in [0.4, 0.5) is 22.8 Å². The first-order valence-corrected chi connectivity index (χ1v) is 31.3. The fourth-order valence-electron chi connectivity index (χ4n) is 12.9. The molecule has 21 heteroatoms. The second-order valence-corrected chi connectivity index (χ2v) is 28.4. The van der Waals surface area contributed by atoms with Crippen molar-refractivity contribution in [2.24, 2.45) is 16.2 Å². The van der Waals surface area contributed by atoms with Gasteiger partial charge in [-0.05, 0) is 121 Å². The molecule has 3 aromatic carbocycles. The molecule has 2 amide bonds. The van der Waals surface area contributed by atoms with Crippen molar-refractivity contribution in [3.05, 3.63) is 108 Å². The Bertz CT molecular complexity index is 2860. The smallest absolute Gasteiger partial charge is 0.410 e. The third-order valence-corrected chi connectivity index (χ3v) is 18.6. The average Bonchev–Trinajstić information content (AvgIpc) is 1.72. The number of likely N-dealkylation sites (tertiary alicyclic amines) is 2. The number of ether oxygens (including phenoxy) is 2.